The molecule has 1 aromatic carbocycles. The molecule has 0 radical (unpaired) electrons. The monoisotopic (exact) mass is 200 g/mol. The number of hydrogen-bond acceptors (Lipinski definition) is 1. The van der Waals surface area contributed by atoms with Crippen LogP contribution in [0.25, 0.3) is 6.08 Å². The molecule has 0 N–H and O–H groups in total. The number of rotatable bonds is 4. The third-order valence-corrected chi connectivity index (χ3v) is 2.49. The molecule has 1 aliphatic rings. The molecule has 0 unspecified atom stereocenters. The Morgan fingerprint density at radius 2 is 2.20 bits per heavy atom. The average Bonchev–Trinajstić information content (AvgIpc) is 3.03. The highest BCUT2D eigenvalue weighted by molar-refractivity contribution is 5.57. The predicted molar refractivity (Wildman–Crippen MR) is 64.1 cm³/mol. The van der Waals surface area contributed by atoms with Crippen LogP contribution in [0.4, 0.5) is 0 Å². The topological polar surface area (TPSA) is 9.23 Å². The highest BCUT2D eigenvalue weighted by Gasteiger charge is 2.23. The molecule has 0 bridgehead atoms. The van der Waals surface area contributed by atoms with Gasteiger partial charge in [-0.25, -0.2) is 0 Å². The fraction of sp³-hybridized carbons (Fsp3) is 0.286. The molecule has 15 heavy (non-hydrogen) atoms. The summed E-state index contributed by atoms with van der Waals surface area (Å²) < 4.78 is 5.74. The van der Waals surface area contributed by atoms with E-state index in [2.05, 4.69) is 31.7 Å². The zero-order valence-electron chi connectivity index (χ0n) is 9.07. The minimum Gasteiger partial charge on any atom is -0.490 e. The fourth-order valence-electron chi connectivity index (χ4n) is 1.42. The van der Waals surface area contributed by atoms with Crippen molar-refractivity contribution in [3.8, 4) is 5.75 Å². The fourth-order valence-corrected chi connectivity index (χ4v) is 1.42. The van der Waals surface area contributed by atoms with Crippen molar-refractivity contribution >= 4 is 6.08 Å². The maximum atomic E-state index is 5.74. The van der Waals surface area contributed by atoms with Gasteiger partial charge in [0, 0.05) is 0 Å². The second kappa shape index (κ2) is 4.35. The van der Waals surface area contributed by atoms with Crippen LogP contribution in [-0.4, -0.2) is 6.10 Å². The zero-order chi connectivity index (χ0) is 10.7. The second-order valence-electron chi connectivity index (χ2n) is 3.93. The summed E-state index contributed by atoms with van der Waals surface area (Å²) in [6.07, 6.45) is 8.65. The molecular weight excluding hydrogens is 184 g/mol. The number of aryl methyl sites for hydroxylation is 1. The molecule has 0 heterocycles. The third kappa shape index (κ3) is 2.72. The van der Waals surface area contributed by atoms with Gasteiger partial charge in [0.1, 0.15) is 5.75 Å². The largest absolute Gasteiger partial charge is 0.490 e. The standard InChI is InChI=1S/C14H16O/c1-3-4-5-12-10-14(7-6-11(12)2)15-13-8-9-13/h3-7,10,13H,1,8-9H2,2H3/b5-4-. The molecule has 1 aliphatic carbocycles. The smallest absolute Gasteiger partial charge is 0.120 e. The van der Waals surface area contributed by atoms with Gasteiger partial charge in [0.05, 0.1) is 6.10 Å². The van der Waals surface area contributed by atoms with E-state index >= 15 is 0 Å². The molecule has 1 heteroatoms. The van der Waals surface area contributed by atoms with Crippen molar-refractivity contribution < 1.29 is 4.74 Å². The highest BCUT2D eigenvalue weighted by atomic mass is 16.5. The maximum absolute atomic E-state index is 5.74. The van der Waals surface area contributed by atoms with Crippen LogP contribution in [0.5, 0.6) is 5.75 Å². The molecule has 1 nitrogen and oxygen atoms in total. The van der Waals surface area contributed by atoms with E-state index < -0.39 is 0 Å². The summed E-state index contributed by atoms with van der Waals surface area (Å²) >= 11 is 0. The number of hydrogen-bond donors (Lipinski definition) is 0. The van der Waals surface area contributed by atoms with E-state index in [4.69, 9.17) is 4.74 Å². The lowest BCUT2D eigenvalue weighted by atomic mass is 10.1. The number of benzene rings is 1. The van der Waals surface area contributed by atoms with Gasteiger partial charge in [-0.3, -0.25) is 0 Å². The SMILES string of the molecule is C=C/C=C\c1cc(OC2CC2)ccc1C. The van der Waals surface area contributed by atoms with Crippen molar-refractivity contribution in [1.82, 2.24) is 0 Å². The van der Waals surface area contributed by atoms with E-state index in [-0.39, 0.29) is 0 Å². The summed E-state index contributed by atoms with van der Waals surface area (Å²) in [7, 11) is 0. The lowest BCUT2D eigenvalue weighted by molar-refractivity contribution is 0.303. The van der Waals surface area contributed by atoms with Gasteiger partial charge in [0.25, 0.3) is 0 Å². The van der Waals surface area contributed by atoms with Gasteiger partial charge in [-0.1, -0.05) is 30.9 Å². The predicted octanol–water partition coefficient (Wildman–Crippen LogP) is 3.74. The Labute approximate surface area is 91.1 Å². The van der Waals surface area contributed by atoms with Crippen molar-refractivity contribution in [2.75, 3.05) is 0 Å². The normalized spacial score (nSPS) is 15.5. The van der Waals surface area contributed by atoms with E-state index in [0.717, 1.165) is 5.75 Å². The average molecular weight is 200 g/mol. The van der Waals surface area contributed by atoms with Crippen molar-refractivity contribution in [3.63, 3.8) is 0 Å². The van der Waals surface area contributed by atoms with Gasteiger partial charge in [-0.2, -0.15) is 0 Å². The Kier molecular flexibility index (Phi) is 2.91. The first-order valence-electron chi connectivity index (χ1n) is 5.36. The van der Waals surface area contributed by atoms with Gasteiger partial charge in [-0.05, 0) is 43.0 Å². The number of allylic oxidation sites excluding steroid dienone is 2. The summed E-state index contributed by atoms with van der Waals surface area (Å²) in [4.78, 5) is 0. The molecule has 0 spiro atoms. The minimum absolute atomic E-state index is 0.462. The molecule has 78 valence electrons. The van der Waals surface area contributed by atoms with Crippen molar-refractivity contribution in [1.29, 1.82) is 0 Å². The second-order valence-corrected chi connectivity index (χ2v) is 3.93. The Hall–Kier alpha value is -1.50. The summed E-state index contributed by atoms with van der Waals surface area (Å²) in [5, 5.41) is 0. The maximum Gasteiger partial charge on any atom is 0.120 e. The minimum atomic E-state index is 0.462. The summed E-state index contributed by atoms with van der Waals surface area (Å²) in [6, 6.07) is 6.23. The van der Waals surface area contributed by atoms with Gasteiger partial charge < -0.3 is 4.74 Å². The Morgan fingerprint density at radius 1 is 1.40 bits per heavy atom. The summed E-state index contributed by atoms with van der Waals surface area (Å²) in [5.41, 5.74) is 2.46. The molecule has 0 atom stereocenters. The first-order chi connectivity index (χ1) is 7.29. The van der Waals surface area contributed by atoms with Crippen LogP contribution >= 0.6 is 0 Å². The Morgan fingerprint density at radius 3 is 2.87 bits per heavy atom. The van der Waals surface area contributed by atoms with Gasteiger partial charge >= 0.3 is 0 Å². The summed E-state index contributed by atoms with van der Waals surface area (Å²) in [5.74, 6) is 0.979. The molecule has 1 saturated carbocycles. The van der Waals surface area contributed by atoms with Crippen LogP contribution in [0.3, 0.4) is 0 Å². The third-order valence-electron chi connectivity index (χ3n) is 2.49. The van der Waals surface area contributed by atoms with Crippen molar-refractivity contribution in [3.05, 3.63) is 48.1 Å². The molecule has 0 aliphatic heterocycles. The van der Waals surface area contributed by atoms with Gasteiger partial charge in [0.15, 0.2) is 0 Å². The van der Waals surface area contributed by atoms with Crippen molar-refractivity contribution in [2.45, 2.75) is 25.9 Å². The highest BCUT2D eigenvalue weighted by Crippen LogP contribution is 2.28. The van der Waals surface area contributed by atoms with Crippen LogP contribution in [0.1, 0.15) is 24.0 Å². The van der Waals surface area contributed by atoms with Crippen LogP contribution < -0.4 is 4.74 Å². The van der Waals surface area contributed by atoms with Crippen LogP contribution in [0.2, 0.25) is 0 Å². The molecule has 1 fully saturated rings. The first-order valence-corrected chi connectivity index (χ1v) is 5.36. The molecule has 0 aromatic heterocycles. The lowest BCUT2D eigenvalue weighted by Crippen LogP contribution is -1.96. The Balaban J connectivity index is 2.18. The van der Waals surface area contributed by atoms with E-state index in [1.165, 1.54) is 24.0 Å². The molecule has 1 aromatic rings. The van der Waals surface area contributed by atoms with E-state index in [1.54, 1.807) is 6.08 Å². The first kappa shape index (κ1) is 10.0. The van der Waals surface area contributed by atoms with E-state index in [1.807, 2.05) is 12.1 Å². The zero-order valence-corrected chi connectivity index (χ0v) is 9.07. The van der Waals surface area contributed by atoms with E-state index in [9.17, 15) is 0 Å². The number of ether oxygens (including phenoxy) is 1. The van der Waals surface area contributed by atoms with E-state index in [0.29, 0.717) is 6.10 Å². The van der Waals surface area contributed by atoms with Crippen LogP contribution in [0, 0.1) is 6.92 Å². The summed E-state index contributed by atoms with van der Waals surface area (Å²) in [6.45, 7) is 5.77. The van der Waals surface area contributed by atoms with Gasteiger partial charge in [-0.15, -0.1) is 0 Å². The van der Waals surface area contributed by atoms with Crippen molar-refractivity contribution in [2.24, 2.45) is 0 Å². The molecular formula is C14H16O. The van der Waals surface area contributed by atoms with Crippen LogP contribution in [0.15, 0.2) is 36.9 Å². The molecule has 0 saturated heterocycles. The molecule has 2 rings (SSSR count). The van der Waals surface area contributed by atoms with Gasteiger partial charge in [0.2, 0.25) is 0 Å². The Bertz CT molecular complexity index is 386. The quantitative estimate of drug-likeness (QED) is 0.673. The molecule has 0 amide bonds. The lowest BCUT2D eigenvalue weighted by Gasteiger charge is -2.07. The van der Waals surface area contributed by atoms with Crippen LogP contribution in [-0.2, 0) is 0 Å².